The van der Waals surface area contributed by atoms with Crippen LogP contribution < -0.4 is 48.9 Å². The SMILES string of the molecule is CNC(=O)CN1CCN([C@@H](C)Cn2c(C)cc3c(C)c(CN4CCC(Nc5nc(N)nc6sc(CC(F)(F)F)cc56)CC4)ccc32)CC1.CNS(=O)(=O)N1CCN([C@@H](C)Cn2c(C#N)cc3cc(CN4CCC(Nc5nc(N)nc6sc(CC(F)(F)F)cc56)CC4)c(O)cc32)CC1.Cc1c(CN2CCC(Nc3nc(N)nc4sc(CC(F)(F)F)cc34)CC2)ccc2c1cc(C)n2C[C@H](C)N1CCN(CC(N)=O)CC1. The lowest BCUT2D eigenvalue weighted by atomic mass is 10.0. The molecule has 0 spiro atoms. The third-order valence-electron chi connectivity index (χ3n) is 29.0. The lowest BCUT2D eigenvalue weighted by Gasteiger charge is -2.38. The number of piperazine rings is 3. The van der Waals surface area contributed by atoms with E-state index in [0.717, 1.165) is 194 Å². The molecule has 46 heteroatoms. The summed E-state index contributed by atoms with van der Waals surface area (Å²) in [5.74, 6) is 1.52. The Labute approximate surface area is 843 Å². The number of phenols is 1. The first-order chi connectivity index (χ1) is 68.4. The molecule has 144 heavy (non-hydrogen) atoms. The Balaban J connectivity index is 0.000000155. The molecule has 0 aliphatic carbocycles. The van der Waals surface area contributed by atoms with Crippen molar-refractivity contribution in [1.29, 1.82) is 5.26 Å². The first kappa shape index (κ1) is 106. The number of amides is 2. The van der Waals surface area contributed by atoms with E-state index < -0.39 is 48.0 Å². The van der Waals surface area contributed by atoms with Crippen LogP contribution in [-0.2, 0) is 78.3 Å². The van der Waals surface area contributed by atoms with Gasteiger partial charge in [-0.3, -0.25) is 48.8 Å². The molecule has 3 aromatic carbocycles. The largest absolute Gasteiger partial charge is 0.508 e. The first-order valence-electron chi connectivity index (χ1n) is 49.0. The maximum Gasteiger partial charge on any atom is 0.393 e. The molecule has 6 fully saturated rings. The molecule has 0 saturated carbocycles. The van der Waals surface area contributed by atoms with Crippen molar-refractivity contribution in [2.24, 2.45) is 5.73 Å². The number of likely N-dealkylation sites (tertiary alicyclic amines) is 3. The average Bonchev–Trinajstić information content (AvgIpc) is 1.60. The molecule has 3 atom stereocenters. The van der Waals surface area contributed by atoms with Crippen LogP contribution in [0.25, 0.3) is 63.4 Å². The number of aryl methyl sites for hydroxylation is 4. The second kappa shape index (κ2) is 45.0. The number of nitrogens with zero attached hydrogens (tertiary/aromatic N) is 19. The van der Waals surface area contributed by atoms with Crippen molar-refractivity contribution in [2.45, 2.75) is 200 Å². The highest BCUT2D eigenvalue weighted by Crippen LogP contribution is 2.41. The number of rotatable bonds is 30. The molecule has 9 aromatic heterocycles. The zero-order chi connectivity index (χ0) is 103. The Hall–Kier alpha value is -10.7. The maximum atomic E-state index is 13.0. The van der Waals surface area contributed by atoms with Gasteiger partial charge in [0.25, 0.3) is 10.2 Å². The molecule has 6 aliphatic heterocycles. The van der Waals surface area contributed by atoms with Crippen molar-refractivity contribution in [1.82, 2.24) is 97.1 Å². The van der Waals surface area contributed by atoms with Gasteiger partial charge in [0.2, 0.25) is 29.7 Å². The highest BCUT2D eigenvalue weighted by molar-refractivity contribution is 7.87. The van der Waals surface area contributed by atoms with Crippen molar-refractivity contribution in [3.8, 4) is 11.8 Å². The van der Waals surface area contributed by atoms with Crippen LogP contribution in [0.3, 0.4) is 0 Å². The van der Waals surface area contributed by atoms with Gasteiger partial charge in [0.1, 0.15) is 49.5 Å². The molecule has 0 bridgehead atoms. The number of nitrogen functional groups attached to an aromatic ring is 3. The van der Waals surface area contributed by atoms with Gasteiger partial charge < -0.3 is 63.0 Å². The molecular weight excluding hydrogens is 1950 g/mol. The fourth-order valence-electron chi connectivity index (χ4n) is 20.9. The Morgan fingerprint density at radius 1 is 0.458 bits per heavy atom. The van der Waals surface area contributed by atoms with Crippen LogP contribution >= 0.6 is 34.0 Å². The second-order valence-corrected chi connectivity index (χ2v) is 44.4. The third-order valence-corrected chi connectivity index (χ3v) is 33.6. The number of nitriles is 1. The van der Waals surface area contributed by atoms with Gasteiger partial charge in [0.15, 0.2) is 0 Å². The summed E-state index contributed by atoms with van der Waals surface area (Å²) >= 11 is 3.00. The van der Waals surface area contributed by atoms with Gasteiger partial charge in [-0.05, 0) is 164 Å². The lowest BCUT2D eigenvalue weighted by molar-refractivity contribution is -0.127. The van der Waals surface area contributed by atoms with E-state index in [9.17, 15) is 67.9 Å². The van der Waals surface area contributed by atoms with E-state index in [0.29, 0.717) is 131 Å². The molecule has 14 N–H and O–H groups in total. The van der Waals surface area contributed by atoms with E-state index in [1.165, 1.54) is 85.0 Å². The Bertz CT molecular complexity index is 6730. The molecule has 6 aliphatic rings. The number of hydrogen-bond acceptors (Lipinski definition) is 29. The summed E-state index contributed by atoms with van der Waals surface area (Å²) in [4.78, 5) is 69.2. The Kier molecular flexibility index (Phi) is 33.1. The van der Waals surface area contributed by atoms with Crippen LogP contribution in [0.1, 0.15) is 119 Å². The van der Waals surface area contributed by atoms with Crippen molar-refractivity contribution >= 4 is 155 Å². The van der Waals surface area contributed by atoms with Crippen LogP contribution in [0.5, 0.6) is 5.75 Å². The Morgan fingerprint density at radius 3 is 1.16 bits per heavy atom. The molecule has 0 unspecified atom stereocenters. The van der Waals surface area contributed by atoms with E-state index in [1.54, 1.807) is 13.1 Å². The standard InChI is InChI=1S/C34H46F3N9OS.C33H44F3N9OS.C31H39F3N10O3S2/c1-21-15-27-23(3)24(5-6-29(27)46(21)18-22(2)45-13-11-44(12-14-45)20-30(47)39-4)19-43-9-7-25(8-10-43)40-31-28-16-26(17-34(35,36)37)48-32(28)42-33(38)41-31;1-20-14-26-22(3)23(4-5-28(26)45(20)17-21(2)44-12-10-43(11-13-44)19-29(37)46)18-42-8-6-24(7-9-42)39-30-27-15-25(16-33(34,35)36)47-31(27)41-32(38)40-30;1-19(42-7-9-43(10-8-42)49(46,47)37-2)17-44-23(16-35)12-20-11-21(27(45)14-26(20)44)18-41-5-3-22(4-6-41)38-28-25-13-24(15-31(32,33)34)48-29(25)40-30(36)39-28/h5-6,15-16,22,25H,7-14,17-20H2,1-4H3,(H,39,47)(H3,38,40,41,42);4-5,14-15,21,24H,6-13,16-19H2,1-3H3,(H2,37,46)(H3,38,39,40,41);11-14,19,22,37,45H,3-10,15,17-18H2,1-2H3,(H3,36,38,39,40)/t22-;21-;19-/m000/s1. The summed E-state index contributed by atoms with van der Waals surface area (Å²) in [7, 11) is -0.384. The van der Waals surface area contributed by atoms with Crippen molar-refractivity contribution in [3.05, 3.63) is 132 Å². The average molecular weight is 2080 g/mol. The molecule has 2 amide bonds. The number of carbonyl (C=O) groups excluding carboxylic acids is 2. The number of carbonyl (C=O) groups is 2. The predicted molar refractivity (Wildman–Crippen MR) is 550 cm³/mol. The fraction of sp³-hybridized carbons (Fsp3) is 0.541. The van der Waals surface area contributed by atoms with Crippen LogP contribution in [0.4, 0.5) is 74.8 Å². The number of primary amides is 1. The number of likely N-dealkylation sites (N-methyl/N-ethyl adjacent to an activating group) is 1. The minimum atomic E-state index is -4.32. The monoisotopic (exact) mass is 2080 g/mol. The number of aromatic hydroxyl groups is 1. The van der Waals surface area contributed by atoms with Gasteiger partial charge in [-0.15, -0.1) is 34.0 Å². The smallest absolute Gasteiger partial charge is 0.393 e. The normalized spacial score (nSPS) is 18.3. The molecule has 6 saturated heterocycles. The molecule has 15 heterocycles. The molecule has 12 aromatic rings. The number of anilines is 6. The zero-order valence-corrected chi connectivity index (χ0v) is 85.8. The van der Waals surface area contributed by atoms with E-state index in [1.807, 2.05) is 16.7 Å². The van der Waals surface area contributed by atoms with E-state index in [2.05, 4.69) is 195 Å². The zero-order valence-electron chi connectivity index (χ0n) is 82.6. The number of alkyl halides is 9. The number of phenolic OH excluding ortho intramolecular Hbond substituents is 1. The summed E-state index contributed by atoms with van der Waals surface area (Å²) in [6, 6.07) is 27.1. The quantitative estimate of drug-likeness (QED) is 0.0187. The van der Waals surface area contributed by atoms with E-state index >= 15 is 0 Å². The summed E-state index contributed by atoms with van der Waals surface area (Å²) in [6.45, 7) is 35.0. The molecule has 0 radical (unpaired) electrons. The van der Waals surface area contributed by atoms with Gasteiger partial charge in [0.05, 0.1) is 54.0 Å². The number of nitrogens with one attached hydrogen (secondary N) is 5. The van der Waals surface area contributed by atoms with Crippen LogP contribution in [0.15, 0.2) is 72.8 Å². The van der Waals surface area contributed by atoms with Crippen molar-refractivity contribution in [2.75, 3.05) is 178 Å². The number of piperidine rings is 3. The number of fused-ring (bicyclic) bond motifs is 6. The first-order valence-corrected chi connectivity index (χ1v) is 52.9. The number of benzene rings is 3. The minimum absolute atomic E-state index is 0.00203. The highest BCUT2D eigenvalue weighted by atomic mass is 32.2. The van der Waals surface area contributed by atoms with Crippen LogP contribution in [0.2, 0.25) is 0 Å². The van der Waals surface area contributed by atoms with Crippen molar-refractivity contribution < 1.29 is 62.6 Å². The van der Waals surface area contributed by atoms with E-state index in [4.69, 9.17) is 22.9 Å². The van der Waals surface area contributed by atoms with Gasteiger partial charge in [-0.25, -0.2) is 19.7 Å². The number of aromatic nitrogens is 9. The summed E-state index contributed by atoms with van der Waals surface area (Å²) < 4.78 is 152. The van der Waals surface area contributed by atoms with Gasteiger partial charge in [-0.2, -0.15) is 72.5 Å². The topological polar surface area (TPSA) is 398 Å². The number of thiophene rings is 3. The van der Waals surface area contributed by atoms with Crippen molar-refractivity contribution in [3.63, 3.8) is 0 Å². The molecular formula is C98H129F9N28O5S4. The van der Waals surface area contributed by atoms with Gasteiger partial charge >= 0.3 is 18.5 Å². The highest BCUT2D eigenvalue weighted by Gasteiger charge is 2.37. The summed E-state index contributed by atoms with van der Waals surface area (Å²) in [5.41, 5.74) is 35.4. The van der Waals surface area contributed by atoms with Crippen LogP contribution in [0, 0.1) is 39.0 Å². The number of hydrogen-bond donors (Lipinski definition) is 10. The van der Waals surface area contributed by atoms with E-state index in [-0.39, 0.29) is 74.2 Å². The predicted octanol–water partition coefficient (Wildman–Crippen LogP) is 12.8. The lowest BCUT2D eigenvalue weighted by Crippen LogP contribution is -2.54. The summed E-state index contributed by atoms with van der Waals surface area (Å²) in [5, 5.41) is 39.2. The Morgan fingerprint density at radius 2 is 0.812 bits per heavy atom. The summed E-state index contributed by atoms with van der Waals surface area (Å²) in [6.07, 6.45) is -10.8. The molecule has 33 nitrogen and oxygen atoms in total. The number of halogens is 9. The fourth-order valence-corrected chi connectivity index (χ4v) is 25.0. The van der Waals surface area contributed by atoms with Gasteiger partial charge in [0, 0.05) is 272 Å². The minimum Gasteiger partial charge on any atom is -0.508 e. The third kappa shape index (κ3) is 26.3. The van der Waals surface area contributed by atoms with Gasteiger partial charge in [-0.1, -0.05) is 12.1 Å². The van der Waals surface area contributed by atoms with Crippen LogP contribution in [-0.4, -0.2) is 312 Å². The number of nitrogens with two attached hydrogens (primary N) is 4. The second-order valence-electron chi connectivity index (χ2n) is 39.2. The maximum absolute atomic E-state index is 13.0. The molecule has 778 valence electrons. The molecule has 18 rings (SSSR count).